The van der Waals surface area contributed by atoms with Crippen LogP contribution in [0.15, 0.2) is 12.1 Å². The van der Waals surface area contributed by atoms with Crippen molar-refractivity contribution in [2.24, 2.45) is 5.92 Å². The van der Waals surface area contributed by atoms with Gasteiger partial charge in [0.2, 0.25) is 5.91 Å². The molecule has 0 bridgehead atoms. The molecule has 1 unspecified atom stereocenters. The van der Waals surface area contributed by atoms with Gasteiger partial charge in [0.05, 0.1) is 31.6 Å². The van der Waals surface area contributed by atoms with Crippen molar-refractivity contribution in [1.29, 1.82) is 0 Å². The summed E-state index contributed by atoms with van der Waals surface area (Å²) in [5, 5.41) is 0. The van der Waals surface area contributed by atoms with Crippen LogP contribution in [0.2, 0.25) is 0 Å². The van der Waals surface area contributed by atoms with Crippen LogP contribution in [0.4, 0.5) is 0 Å². The summed E-state index contributed by atoms with van der Waals surface area (Å²) < 4.78 is 33.8. The molecule has 2 heterocycles. The van der Waals surface area contributed by atoms with Crippen LogP contribution in [0, 0.1) is 5.92 Å². The lowest BCUT2D eigenvalue weighted by atomic mass is 9.97. The molecule has 23 heavy (non-hydrogen) atoms. The van der Waals surface area contributed by atoms with E-state index in [4.69, 9.17) is 9.47 Å². The van der Waals surface area contributed by atoms with E-state index in [9.17, 15) is 13.2 Å². The second-order valence-corrected chi connectivity index (χ2v) is 8.31. The molecule has 1 amide bonds. The Kier molecular flexibility index (Phi) is 4.23. The number of amides is 1. The van der Waals surface area contributed by atoms with E-state index in [1.807, 2.05) is 12.1 Å². The molecule has 1 atom stereocenters. The van der Waals surface area contributed by atoms with E-state index >= 15 is 0 Å². The summed E-state index contributed by atoms with van der Waals surface area (Å²) in [6.07, 6.45) is 1.18. The molecule has 126 valence electrons. The van der Waals surface area contributed by atoms with E-state index in [-0.39, 0.29) is 23.3 Å². The van der Waals surface area contributed by atoms with Gasteiger partial charge in [-0.3, -0.25) is 4.79 Å². The number of fused-ring (bicyclic) bond motifs is 1. The minimum atomic E-state index is -3.04. The SMILES string of the molecule is COc1cc2c(cc1OC)CN(C(=O)C1CCS(=O)(=O)C1)CC2. The number of carbonyl (C=O) groups excluding carboxylic acids is 1. The highest BCUT2D eigenvalue weighted by Crippen LogP contribution is 2.34. The first-order valence-corrected chi connectivity index (χ1v) is 9.48. The molecule has 1 fully saturated rings. The second kappa shape index (κ2) is 6.03. The molecule has 0 aromatic heterocycles. The van der Waals surface area contributed by atoms with Crippen molar-refractivity contribution in [3.05, 3.63) is 23.3 Å². The maximum atomic E-state index is 12.6. The third kappa shape index (κ3) is 3.15. The molecule has 1 saturated heterocycles. The Balaban J connectivity index is 1.78. The van der Waals surface area contributed by atoms with Crippen LogP contribution >= 0.6 is 0 Å². The molecule has 0 saturated carbocycles. The van der Waals surface area contributed by atoms with Crippen molar-refractivity contribution in [3.63, 3.8) is 0 Å². The van der Waals surface area contributed by atoms with Crippen LogP contribution in [0.25, 0.3) is 0 Å². The quantitative estimate of drug-likeness (QED) is 0.822. The summed E-state index contributed by atoms with van der Waals surface area (Å²) in [5.41, 5.74) is 2.17. The van der Waals surface area contributed by atoms with E-state index in [1.54, 1.807) is 19.1 Å². The van der Waals surface area contributed by atoms with Gasteiger partial charge in [-0.2, -0.15) is 0 Å². The number of hydrogen-bond acceptors (Lipinski definition) is 5. The first-order chi connectivity index (χ1) is 10.9. The number of nitrogens with zero attached hydrogens (tertiary/aromatic N) is 1. The van der Waals surface area contributed by atoms with Gasteiger partial charge in [-0.25, -0.2) is 8.42 Å². The molecule has 2 aliphatic heterocycles. The number of sulfone groups is 1. The number of carbonyl (C=O) groups is 1. The molecule has 7 heteroatoms. The lowest BCUT2D eigenvalue weighted by molar-refractivity contribution is -0.135. The zero-order valence-electron chi connectivity index (χ0n) is 13.4. The number of benzene rings is 1. The van der Waals surface area contributed by atoms with Crippen LogP contribution in [0.1, 0.15) is 17.5 Å². The highest BCUT2D eigenvalue weighted by molar-refractivity contribution is 7.91. The predicted octanol–water partition coefficient (Wildman–Crippen LogP) is 1.02. The third-order valence-corrected chi connectivity index (χ3v) is 6.38. The largest absolute Gasteiger partial charge is 0.493 e. The Hall–Kier alpha value is -1.76. The van der Waals surface area contributed by atoms with Gasteiger partial charge in [0.25, 0.3) is 0 Å². The van der Waals surface area contributed by atoms with E-state index in [1.165, 1.54) is 0 Å². The Morgan fingerprint density at radius 1 is 1.17 bits per heavy atom. The first-order valence-electron chi connectivity index (χ1n) is 7.66. The lowest BCUT2D eigenvalue weighted by Gasteiger charge is -2.31. The van der Waals surface area contributed by atoms with Gasteiger partial charge in [0.15, 0.2) is 21.3 Å². The Morgan fingerprint density at radius 3 is 2.39 bits per heavy atom. The van der Waals surface area contributed by atoms with Crippen LogP contribution in [0.3, 0.4) is 0 Å². The molecular weight excluding hydrogens is 318 g/mol. The van der Waals surface area contributed by atoms with Crippen LogP contribution < -0.4 is 9.47 Å². The number of hydrogen-bond donors (Lipinski definition) is 0. The van der Waals surface area contributed by atoms with Gasteiger partial charge in [-0.15, -0.1) is 0 Å². The standard InChI is InChI=1S/C16H21NO5S/c1-21-14-7-11-3-5-17(9-13(11)8-15(14)22-2)16(18)12-4-6-23(19,20)10-12/h7-8,12H,3-6,9-10H2,1-2H3. The highest BCUT2D eigenvalue weighted by Gasteiger charge is 2.36. The van der Waals surface area contributed by atoms with Gasteiger partial charge >= 0.3 is 0 Å². The van der Waals surface area contributed by atoms with E-state index in [0.717, 1.165) is 17.5 Å². The highest BCUT2D eigenvalue weighted by atomic mass is 32.2. The minimum Gasteiger partial charge on any atom is -0.493 e. The first kappa shape index (κ1) is 16.1. The average Bonchev–Trinajstić information content (AvgIpc) is 2.92. The zero-order chi connectivity index (χ0) is 16.6. The van der Waals surface area contributed by atoms with Gasteiger partial charge in [0, 0.05) is 13.1 Å². The summed E-state index contributed by atoms with van der Waals surface area (Å²) in [6.45, 7) is 1.10. The molecule has 0 spiro atoms. The fraction of sp³-hybridized carbons (Fsp3) is 0.562. The lowest BCUT2D eigenvalue weighted by Crippen LogP contribution is -2.40. The Labute approximate surface area is 136 Å². The van der Waals surface area contributed by atoms with Crippen molar-refractivity contribution in [2.75, 3.05) is 32.3 Å². The molecule has 0 radical (unpaired) electrons. The molecule has 2 aliphatic rings. The van der Waals surface area contributed by atoms with Crippen molar-refractivity contribution in [1.82, 2.24) is 4.90 Å². The second-order valence-electron chi connectivity index (χ2n) is 6.09. The number of methoxy groups -OCH3 is 2. The van der Waals surface area contributed by atoms with Crippen LogP contribution in [0.5, 0.6) is 11.5 Å². The summed E-state index contributed by atoms with van der Waals surface area (Å²) in [6, 6.07) is 3.86. The molecule has 6 nitrogen and oxygen atoms in total. The molecule has 1 aromatic carbocycles. The van der Waals surface area contributed by atoms with Crippen LogP contribution in [-0.2, 0) is 27.6 Å². The van der Waals surface area contributed by atoms with Gasteiger partial charge < -0.3 is 14.4 Å². The van der Waals surface area contributed by atoms with Crippen LogP contribution in [-0.4, -0.2) is 51.5 Å². The molecule has 3 rings (SSSR count). The zero-order valence-corrected chi connectivity index (χ0v) is 14.2. The van der Waals surface area contributed by atoms with E-state index in [2.05, 4.69) is 0 Å². The van der Waals surface area contributed by atoms with Crippen molar-refractivity contribution < 1.29 is 22.7 Å². The molecule has 1 aromatic rings. The maximum absolute atomic E-state index is 12.6. The monoisotopic (exact) mass is 339 g/mol. The van der Waals surface area contributed by atoms with Gasteiger partial charge in [0.1, 0.15) is 0 Å². The fourth-order valence-corrected chi connectivity index (χ4v) is 5.05. The maximum Gasteiger partial charge on any atom is 0.227 e. The van der Waals surface area contributed by atoms with Gasteiger partial charge in [-0.1, -0.05) is 0 Å². The summed E-state index contributed by atoms with van der Waals surface area (Å²) in [7, 11) is 0.140. The fourth-order valence-electron chi connectivity index (χ4n) is 3.32. The predicted molar refractivity (Wildman–Crippen MR) is 85.4 cm³/mol. The minimum absolute atomic E-state index is 0.0128. The normalized spacial score (nSPS) is 22.5. The van der Waals surface area contributed by atoms with Gasteiger partial charge in [-0.05, 0) is 36.1 Å². The summed E-state index contributed by atoms with van der Waals surface area (Å²) in [5.74, 6) is 1.00. The van der Waals surface area contributed by atoms with Crippen molar-refractivity contribution in [2.45, 2.75) is 19.4 Å². The summed E-state index contributed by atoms with van der Waals surface area (Å²) in [4.78, 5) is 14.3. The smallest absolute Gasteiger partial charge is 0.227 e. The molecule has 0 N–H and O–H groups in total. The average molecular weight is 339 g/mol. The van der Waals surface area contributed by atoms with Crippen molar-refractivity contribution >= 4 is 15.7 Å². The van der Waals surface area contributed by atoms with Crippen molar-refractivity contribution in [3.8, 4) is 11.5 Å². The molecular formula is C16H21NO5S. The van der Waals surface area contributed by atoms with E-state index < -0.39 is 9.84 Å². The molecule has 0 aliphatic carbocycles. The Morgan fingerprint density at radius 2 is 1.83 bits per heavy atom. The third-order valence-electron chi connectivity index (χ3n) is 4.61. The number of rotatable bonds is 3. The Bertz CT molecular complexity index is 728. The number of ether oxygens (including phenoxy) is 2. The van der Waals surface area contributed by atoms with E-state index in [0.29, 0.717) is 31.0 Å². The topological polar surface area (TPSA) is 72.9 Å². The summed E-state index contributed by atoms with van der Waals surface area (Å²) >= 11 is 0.